The van der Waals surface area contributed by atoms with E-state index in [-0.39, 0.29) is 0 Å². The van der Waals surface area contributed by atoms with E-state index in [0.29, 0.717) is 0 Å². The molecule has 1 aromatic rings. The third-order valence-corrected chi connectivity index (χ3v) is 2.13. The number of benzene rings is 1. The molecule has 0 fully saturated rings. The molecule has 1 heteroatoms. The van der Waals surface area contributed by atoms with E-state index in [9.17, 15) is 0 Å². The van der Waals surface area contributed by atoms with E-state index in [0.717, 1.165) is 18.5 Å². The highest BCUT2D eigenvalue weighted by molar-refractivity contribution is 5.49. The maximum absolute atomic E-state index is 5.86. The van der Waals surface area contributed by atoms with Crippen molar-refractivity contribution in [3.05, 3.63) is 29.3 Å². The van der Waals surface area contributed by atoms with Crippen LogP contribution in [0, 0.1) is 0 Å². The summed E-state index contributed by atoms with van der Waals surface area (Å²) in [5.74, 6) is 0. The van der Waals surface area contributed by atoms with E-state index < -0.39 is 0 Å². The largest absolute Gasteiger partial charge is 0.398 e. The molecule has 0 aliphatic heterocycles. The minimum absolute atomic E-state index is 0.948. The van der Waals surface area contributed by atoms with Gasteiger partial charge in [-0.1, -0.05) is 32.4 Å². The third kappa shape index (κ3) is 2.00. The van der Waals surface area contributed by atoms with Crippen LogP contribution in [0.1, 0.15) is 31.4 Å². The second-order valence-corrected chi connectivity index (χ2v) is 3.14. The Hall–Kier alpha value is -0.980. The van der Waals surface area contributed by atoms with Crippen LogP contribution in [0.25, 0.3) is 0 Å². The van der Waals surface area contributed by atoms with Crippen molar-refractivity contribution in [3.8, 4) is 0 Å². The molecule has 0 amide bonds. The molecule has 0 spiro atoms. The van der Waals surface area contributed by atoms with E-state index in [4.69, 9.17) is 5.73 Å². The number of anilines is 1. The van der Waals surface area contributed by atoms with Crippen LogP contribution in [0.4, 0.5) is 5.69 Å². The summed E-state index contributed by atoms with van der Waals surface area (Å²) in [4.78, 5) is 0. The molecule has 0 heterocycles. The van der Waals surface area contributed by atoms with Crippen LogP contribution in [0.5, 0.6) is 0 Å². The summed E-state index contributed by atoms with van der Waals surface area (Å²) in [5, 5.41) is 0. The molecule has 1 aromatic carbocycles. The van der Waals surface area contributed by atoms with Crippen LogP contribution < -0.4 is 5.73 Å². The summed E-state index contributed by atoms with van der Waals surface area (Å²) < 4.78 is 0. The normalized spacial score (nSPS) is 10.2. The lowest BCUT2D eigenvalue weighted by Gasteiger charge is -2.05. The fraction of sp³-hybridized carbons (Fsp3) is 0.455. The van der Waals surface area contributed by atoms with Gasteiger partial charge in [0.15, 0.2) is 0 Å². The molecule has 0 radical (unpaired) electrons. The standard InChI is InChI=1S/C11H17N/c1-3-5-9-6-7-10(4-2)11(12)8-9/h6-8H,3-5,12H2,1-2H3. The quantitative estimate of drug-likeness (QED) is 0.681. The predicted molar refractivity (Wildman–Crippen MR) is 54.2 cm³/mol. The number of aryl methyl sites for hydroxylation is 2. The van der Waals surface area contributed by atoms with Crippen molar-refractivity contribution < 1.29 is 0 Å². The summed E-state index contributed by atoms with van der Waals surface area (Å²) in [6.45, 7) is 4.31. The summed E-state index contributed by atoms with van der Waals surface area (Å²) in [6, 6.07) is 6.42. The lowest BCUT2D eigenvalue weighted by Crippen LogP contribution is -1.94. The minimum atomic E-state index is 0.948. The Morgan fingerprint density at radius 2 is 2.00 bits per heavy atom. The van der Waals surface area contributed by atoms with Gasteiger partial charge in [-0.25, -0.2) is 0 Å². The molecule has 0 unspecified atom stereocenters. The number of nitrogen functional groups attached to an aromatic ring is 1. The lowest BCUT2D eigenvalue weighted by molar-refractivity contribution is 0.920. The Balaban J connectivity index is 2.86. The van der Waals surface area contributed by atoms with Gasteiger partial charge in [-0.05, 0) is 30.0 Å². The fourth-order valence-corrected chi connectivity index (χ4v) is 1.41. The first-order valence-corrected chi connectivity index (χ1v) is 4.65. The molecule has 0 bridgehead atoms. The topological polar surface area (TPSA) is 26.0 Å². The third-order valence-electron chi connectivity index (χ3n) is 2.13. The van der Waals surface area contributed by atoms with Crippen molar-refractivity contribution in [2.24, 2.45) is 0 Å². The van der Waals surface area contributed by atoms with Gasteiger partial charge >= 0.3 is 0 Å². The zero-order valence-electron chi connectivity index (χ0n) is 7.93. The lowest BCUT2D eigenvalue weighted by atomic mass is 10.0. The number of nitrogens with two attached hydrogens (primary N) is 1. The maximum atomic E-state index is 5.86. The van der Waals surface area contributed by atoms with Crippen LogP contribution in [-0.4, -0.2) is 0 Å². The molecule has 1 rings (SSSR count). The predicted octanol–water partition coefficient (Wildman–Crippen LogP) is 2.78. The number of rotatable bonds is 3. The van der Waals surface area contributed by atoms with Crippen LogP contribution in [0.2, 0.25) is 0 Å². The van der Waals surface area contributed by atoms with Crippen LogP contribution in [-0.2, 0) is 12.8 Å². The van der Waals surface area contributed by atoms with Crippen molar-refractivity contribution in [1.29, 1.82) is 0 Å². The second-order valence-electron chi connectivity index (χ2n) is 3.14. The van der Waals surface area contributed by atoms with Gasteiger partial charge in [-0.3, -0.25) is 0 Å². The molecule has 2 N–H and O–H groups in total. The maximum Gasteiger partial charge on any atom is 0.0349 e. The van der Waals surface area contributed by atoms with Crippen molar-refractivity contribution in [2.75, 3.05) is 5.73 Å². The van der Waals surface area contributed by atoms with Crippen molar-refractivity contribution >= 4 is 5.69 Å². The van der Waals surface area contributed by atoms with Gasteiger partial charge in [0.2, 0.25) is 0 Å². The Morgan fingerprint density at radius 1 is 1.25 bits per heavy atom. The minimum Gasteiger partial charge on any atom is -0.398 e. The SMILES string of the molecule is CCCc1ccc(CC)c(N)c1. The summed E-state index contributed by atoms with van der Waals surface area (Å²) in [6.07, 6.45) is 3.34. The van der Waals surface area contributed by atoms with E-state index in [1.165, 1.54) is 17.5 Å². The Labute approximate surface area is 74.6 Å². The van der Waals surface area contributed by atoms with Crippen molar-refractivity contribution in [3.63, 3.8) is 0 Å². The van der Waals surface area contributed by atoms with Gasteiger partial charge < -0.3 is 5.73 Å². The van der Waals surface area contributed by atoms with Gasteiger partial charge in [0, 0.05) is 5.69 Å². The number of hydrogen-bond donors (Lipinski definition) is 1. The summed E-state index contributed by atoms with van der Waals surface area (Å²) in [7, 11) is 0. The van der Waals surface area contributed by atoms with Gasteiger partial charge in [0.1, 0.15) is 0 Å². The summed E-state index contributed by atoms with van der Waals surface area (Å²) in [5.41, 5.74) is 9.42. The highest BCUT2D eigenvalue weighted by Crippen LogP contribution is 2.15. The fourth-order valence-electron chi connectivity index (χ4n) is 1.41. The average Bonchev–Trinajstić information content (AvgIpc) is 2.05. The van der Waals surface area contributed by atoms with Gasteiger partial charge in [0.25, 0.3) is 0 Å². The highest BCUT2D eigenvalue weighted by atomic mass is 14.6. The smallest absolute Gasteiger partial charge is 0.0349 e. The molecule has 1 nitrogen and oxygen atoms in total. The molecule has 0 aliphatic carbocycles. The van der Waals surface area contributed by atoms with Crippen molar-refractivity contribution in [1.82, 2.24) is 0 Å². The van der Waals surface area contributed by atoms with Gasteiger partial charge in [0.05, 0.1) is 0 Å². The zero-order valence-corrected chi connectivity index (χ0v) is 7.93. The van der Waals surface area contributed by atoms with E-state index in [1.54, 1.807) is 0 Å². The first-order chi connectivity index (χ1) is 5.77. The average molecular weight is 163 g/mol. The first kappa shape index (κ1) is 9.11. The number of hydrogen-bond acceptors (Lipinski definition) is 1. The van der Waals surface area contributed by atoms with Crippen molar-refractivity contribution in [2.45, 2.75) is 33.1 Å². The Kier molecular flexibility index (Phi) is 3.15. The van der Waals surface area contributed by atoms with Gasteiger partial charge in [-0.2, -0.15) is 0 Å². The van der Waals surface area contributed by atoms with Crippen LogP contribution >= 0.6 is 0 Å². The monoisotopic (exact) mass is 163 g/mol. The highest BCUT2D eigenvalue weighted by Gasteiger charge is 1.97. The Morgan fingerprint density at radius 3 is 2.50 bits per heavy atom. The second kappa shape index (κ2) is 4.15. The molecule has 0 saturated heterocycles. The van der Waals surface area contributed by atoms with E-state index in [2.05, 4.69) is 32.0 Å². The van der Waals surface area contributed by atoms with E-state index in [1.807, 2.05) is 0 Å². The molecule has 12 heavy (non-hydrogen) atoms. The molecule has 0 aliphatic rings. The molecule has 0 aromatic heterocycles. The van der Waals surface area contributed by atoms with E-state index >= 15 is 0 Å². The van der Waals surface area contributed by atoms with Crippen LogP contribution in [0.3, 0.4) is 0 Å². The molecular formula is C11H17N. The molecule has 66 valence electrons. The molecular weight excluding hydrogens is 146 g/mol. The molecule has 0 atom stereocenters. The zero-order chi connectivity index (χ0) is 8.97. The Bertz CT molecular complexity index is 253. The summed E-state index contributed by atoms with van der Waals surface area (Å²) >= 11 is 0. The van der Waals surface area contributed by atoms with Gasteiger partial charge in [-0.15, -0.1) is 0 Å². The first-order valence-electron chi connectivity index (χ1n) is 4.65. The molecule has 0 saturated carbocycles. The van der Waals surface area contributed by atoms with Crippen LogP contribution in [0.15, 0.2) is 18.2 Å².